The Morgan fingerprint density at radius 1 is 1.12 bits per heavy atom. The molecule has 6 heteroatoms. The number of nitrogens with one attached hydrogen (secondary N) is 1. The number of aryl methyl sites for hydroxylation is 1. The van der Waals surface area contributed by atoms with Gasteiger partial charge in [0.1, 0.15) is 5.82 Å². The molecular weight excluding hydrogens is 308 g/mol. The topological polar surface area (TPSA) is 73.4 Å². The van der Waals surface area contributed by atoms with E-state index in [2.05, 4.69) is 20.8 Å². The first-order valence-corrected chi connectivity index (χ1v) is 7.45. The number of nitrogens with zero attached hydrogens (tertiary/aromatic N) is 1. The summed E-state index contributed by atoms with van der Waals surface area (Å²) in [5.74, 6) is 1.29. The fourth-order valence-corrected chi connectivity index (χ4v) is 2.39. The predicted octanol–water partition coefficient (Wildman–Crippen LogP) is 3.10. The summed E-state index contributed by atoms with van der Waals surface area (Å²) in [6, 6.07) is 11.5. The van der Waals surface area contributed by atoms with Crippen LogP contribution < -0.4 is 9.47 Å². The zero-order valence-corrected chi connectivity index (χ0v) is 13.8. The van der Waals surface area contributed by atoms with Gasteiger partial charge in [0.25, 0.3) is 0 Å². The maximum Gasteiger partial charge on any atom is 0.343 e. The first kappa shape index (κ1) is 15.9. The van der Waals surface area contributed by atoms with Gasteiger partial charge in [0.2, 0.25) is 0 Å². The predicted molar refractivity (Wildman–Crippen MR) is 90.3 cm³/mol. The van der Waals surface area contributed by atoms with Gasteiger partial charge in [0, 0.05) is 5.56 Å². The van der Waals surface area contributed by atoms with Gasteiger partial charge in [-0.1, -0.05) is 6.07 Å². The molecule has 1 heterocycles. The molecule has 3 aromatic rings. The van der Waals surface area contributed by atoms with Crippen molar-refractivity contribution in [3.63, 3.8) is 0 Å². The van der Waals surface area contributed by atoms with Crippen LogP contribution in [0.1, 0.15) is 5.56 Å². The quantitative estimate of drug-likeness (QED) is 0.729. The molecule has 124 valence electrons. The minimum absolute atomic E-state index is 0.171. The molecule has 0 aliphatic carbocycles. The van der Waals surface area contributed by atoms with Crippen molar-refractivity contribution in [3.8, 4) is 22.9 Å². The van der Waals surface area contributed by atoms with Crippen LogP contribution in [0.25, 0.3) is 22.4 Å². The number of aromatic amines is 1. The lowest BCUT2D eigenvalue weighted by molar-refractivity contribution is -0.142. The summed E-state index contributed by atoms with van der Waals surface area (Å²) in [6.07, 6.45) is 0. The van der Waals surface area contributed by atoms with Crippen LogP contribution in [0.3, 0.4) is 0 Å². The number of carbonyl (C=O) groups excluding carboxylic acids is 1. The van der Waals surface area contributed by atoms with Crippen LogP contribution in [0.15, 0.2) is 36.4 Å². The van der Waals surface area contributed by atoms with Crippen LogP contribution >= 0.6 is 0 Å². The molecule has 0 atom stereocenters. The normalized spacial score (nSPS) is 10.6. The highest BCUT2D eigenvalue weighted by Crippen LogP contribution is 2.32. The zero-order chi connectivity index (χ0) is 17.1. The molecule has 24 heavy (non-hydrogen) atoms. The highest BCUT2D eigenvalue weighted by atomic mass is 16.6. The highest BCUT2D eigenvalue weighted by Gasteiger charge is 2.12. The van der Waals surface area contributed by atoms with Crippen molar-refractivity contribution in [2.45, 2.75) is 6.92 Å². The number of aromatic nitrogens is 2. The van der Waals surface area contributed by atoms with Gasteiger partial charge in [-0.2, -0.15) is 0 Å². The lowest BCUT2D eigenvalue weighted by Crippen LogP contribution is -2.12. The summed E-state index contributed by atoms with van der Waals surface area (Å²) in [4.78, 5) is 19.1. The Morgan fingerprint density at radius 2 is 1.96 bits per heavy atom. The van der Waals surface area contributed by atoms with Gasteiger partial charge >= 0.3 is 5.97 Å². The van der Waals surface area contributed by atoms with Crippen LogP contribution in [0.4, 0.5) is 0 Å². The maximum atomic E-state index is 11.2. The van der Waals surface area contributed by atoms with E-state index in [9.17, 15) is 4.79 Å². The molecule has 0 amide bonds. The number of H-pyrrole nitrogens is 1. The lowest BCUT2D eigenvalue weighted by atomic mass is 10.2. The van der Waals surface area contributed by atoms with E-state index in [1.807, 2.05) is 31.2 Å². The van der Waals surface area contributed by atoms with Gasteiger partial charge in [-0.3, -0.25) is 0 Å². The Kier molecular flexibility index (Phi) is 4.37. The molecule has 0 unspecified atom stereocenters. The molecule has 6 nitrogen and oxygen atoms in total. The Bertz CT molecular complexity index is 886. The number of ether oxygens (including phenoxy) is 3. The Hall–Kier alpha value is -3.02. The number of rotatable bonds is 5. The van der Waals surface area contributed by atoms with Crippen molar-refractivity contribution in [3.05, 3.63) is 42.0 Å². The highest BCUT2D eigenvalue weighted by molar-refractivity contribution is 5.80. The molecule has 3 rings (SSSR count). The van der Waals surface area contributed by atoms with E-state index in [4.69, 9.17) is 9.47 Å². The van der Waals surface area contributed by atoms with E-state index in [1.165, 1.54) is 12.7 Å². The summed E-state index contributed by atoms with van der Waals surface area (Å²) in [6.45, 7) is 1.87. The van der Waals surface area contributed by atoms with Crippen LogP contribution in [-0.4, -0.2) is 36.8 Å². The molecule has 0 aliphatic rings. The average molecular weight is 326 g/mol. The summed E-state index contributed by atoms with van der Waals surface area (Å²) >= 11 is 0. The second-order valence-electron chi connectivity index (χ2n) is 5.34. The maximum absolute atomic E-state index is 11.2. The van der Waals surface area contributed by atoms with Crippen molar-refractivity contribution in [1.82, 2.24) is 9.97 Å². The van der Waals surface area contributed by atoms with Gasteiger partial charge in [-0.15, -0.1) is 0 Å². The smallest absolute Gasteiger partial charge is 0.343 e. The second-order valence-corrected chi connectivity index (χ2v) is 5.34. The van der Waals surface area contributed by atoms with E-state index in [-0.39, 0.29) is 6.61 Å². The zero-order valence-electron chi connectivity index (χ0n) is 13.8. The SMILES string of the molecule is COC(=O)COc1ccc(-c2nc3ccc(C)cc3[nH]2)cc1OC. The molecule has 1 N–H and O–H groups in total. The number of esters is 1. The molecule has 0 radical (unpaired) electrons. The molecule has 1 aromatic heterocycles. The fourth-order valence-electron chi connectivity index (χ4n) is 2.39. The third kappa shape index (κ3) is 3.17. The van der Waals surface area contributed by atoms with Crippen molar-refractivity contribution >= 4 is 17.0 Å². The molecule has 0 saturated carbocycles. The summed E-state index contributed by atoms with van der Waals surface area (Å²) in [5.41, 5.74) is 3.92. The number of benzene rings is 2. The molecule has 2 aromatic carbocycles. The van der Waals surface area contributed by atoms with Gasteiger partial charge < -0.3 is 19.2 Å². The van der Waals surface area contributed by atoms with Crippen LogP contribution in [-0.2, 0) is 9.53 Å². The summed E-state index contributed by atoms with van der Waals surface area (Å²) < 4.78 is 15.3. The lowest BCUT2D eigenvalue weighted by Gasteiger charge is -2.10. The summed E-state index contributed by atoms with van der Waals surface area (Å²) in [5, 5.41) is 0. The number of fused-ring (bicyclic) bond motifs is 1. The Balaban J connectivity index is 1.91. The van der Waals surface area contributed by atoms with Gasteiger partial charge in [0.05, 0.1) is 25.3 Å². The monoisotopic (exact) mass is 326 g/mol. The molecule has 0 spiro atoms. The third-order valence-corrected chi connectivity index (χ3v) is 3.65. The van der Waals surface area contributed by atoms with Crippen molar-refractivity contribution in [1.29, 1.82) is 0 Å². The minimum Gasteiger partial charge on any atom is -0.493 e. The molecule has 0 aliphatic heterocycles. The third-order valence-electron chi connectivity index (χ3n) is 3.65. The van der Waals surface area contributed by atoms with Crippen molar-refractivity contribution in [2.24, 2.45) is 0 Å². The van der Waals surface area contributed by atoms with Crippen molar-refractivity contribution in [2.75, 3.05) is 20.8 Å². The van der Waals surface area contributed by atoms with Crippen LogP contribution in [0.2, 0.25) is 0 Å². The first-order chi connectivity index (χ1) is 11.6. The number of hydrogen-bond acceptors (Lipinski definition) is 5. The number of carbonyl (C=O) groups is 1. The first-order valence-electron chi connectivity index (χ1n) is 7.45. The van der Waals surface area contributed by atoms with E-state index < -0.39 is 5.97 Å². The standard InChI is InChI=1S/C18H18N2O4/c1-11-4-6-13-14(8-11)20-18(19-13)12-5-7-15(16(9-12)22-2)24-10-17(21)23-3/h4-9H,10H2,1-3H3,(H,19,20). The molecule has 0 bridgehead atoms. The van der Waals surface area contributed by atoms with Gasteiger partial charge in [-0.05, 0) is 42.8 Å². The summed E-state index contributed by atoms with van der Waals surface area (Å²) in [7, 11) is 2.86. The molecule has 0 fully saturated rings. The van der Waals surface area contributed by atoms with E-state index >= 15 is 0 Å². The molecule has 0 saturated heterocycles. The van der Waals surface area contributed by atoms with Crippen LogP contribution in [0.5, 0.6) is 11.5 Å². The second kappa shape index (κ2) is 6.62. The minimum atomic E-state index is -0.450. The number of imidazole rings is 1. The Labute approximate surface area is 139 Å². The van der Waals surface area contributed by atoms with E-state index in [0.29, 0.717) is 11.5 Å². The largest absolute Gasteiger partial charge is 0.493 e. The van der Waals surface area contributed by atoms with E-state index in [0.717, 1.165) is 22.4 Å². The van der Waals surface area contributed by atoms with Gasteiger partial charge in [0.15, 0.2) is 18.1 Å². The number of hydrogen-bond donors (Lipinski definition) is 1. The number of methoxy groups -OCH3 is 2. The van der Waals surface area contributed by atoms with E-state index in [1.54, 1.807) is 13.2 Å². The fraction of sp³-hybridized carbons (Fsp3) is 0.222. The average Bonchev–Trinajstić information content (AvgIpc) is 3.02. The Morgan fingerprint density at radius 3 is 2.71 bits per heavy atom. The molecular formula is C18H18N2O4. The van der Waals surface area contributed by atoms with Crippen molar-refractivity contribution < 1.29 is 19.0 Å². The van der Waals surface area contributed by atoms with Crippen LogP contribution in [0, 0.1) is 6.92 Å². The van der Waals surface area contributed by atoms with Gasteiger partial charge in [-0.25, -0.2) is 9.78 Å².